The highest BCUT2D eigenvalue weighted by molar-refractivity contribution is 5.80. The second-order valence-corrected chi connectivity index (χ2v) is 5.70. The van der Waals surface area contributed by atoms with Gasteiger partial charge in [0.1, 0.15) is 17.3 Å². The van der Waals surface area contributed by atoms with Crippen LogP contribution in [-0.4, -0.2) is 23.7 Å². The van der Waals surface area contributed by atoms with Crippen LogP contribution in [0.15, 0.2) is 42.5 Å². The van der Waals surface area contributed by atoms with Gasteiger partial charge in [0.15, 0.2) is 0 Å². The lowest BCUT2D eigenvalue weighted by Gasteiger charge is -2.09. The average molecular weight is 296 g/mol. The molecule has 3 rings (SSSR count). The van der Waals surface area contributed by atoms with Gasteiger partial charge in [0.05, 0.1) is 24.8 Å². The molecule has 22 heavy (non-hydrogen) atoms. The fourth-order valence-electron chi connectivity index (χ4n) is 2.25. The Balaban J connectivity index is 1.91. The summed E-state index contributed by atoms with van der Waals surface area (Å²) >= 11 is 0. The molecule has 114 valence electrons. The number of rotatable bonds is 5. The summed E-state index contributed by atoms with van der Waals surface area (Å²) in [7, 11) is 1.66. The molecule has 1 N–H and O–H groups in total. The van der Waals surface area contributed by atoms with Crippen LogP contribution in [0, 0.1) is 5.92 Å². The smallest absolute Gasteiger partial charge is 0.138 e. The Bertz CT molecular complexity index is 778. The van der Waals surface area contributed by atoms with Gasteiger partial charge in [-0.3, -0.25) is 0 Å². The van der Waals surface area contributed by atoms with Crippen molar-refractivity contribution in [1.82, 2.24) is 9.97 Å². The van der Waals surface area contributed by atoms with Crippen molar-refractivity contribution in [2.45, 2.75) is 13.8 Å². The zero-order valence-corrected chi connectivity index (χ0v) is 13.1. The molecule has 1 heterocycles. The highest BCUT2D eigenvalue weighted by atomic mass is 16.5. The van der Waals surface area contributed by atoms with Crippen LogP contribution >= 0.6 is 0 Å². The summed E-state index contributed by atoms with van der Waals surface area (Å²) in [5.74, 6) is 3.02. The third kappa shape index (κ3) is 3.06. The summed E-state index contributed by atoms with van der Waals surface area (Å²) in [6, 6.07) is 13.8. The number of aromatic amines is 1. The lowest BCUT2D eigenvalue weighted by Crippen LogP contribution is -2.04. The van der Waals surface area contributed by atoms with E-state index in [1.807, 2.05) is 42.5 Å². The van der Waals surface area contributed by atoms with Crippen LogP contribution in [0.2, 0.25) is 0 Å². The van der Waals surface area contributed by atoms with Gasteiger partial charge >= 0.3 is 0 Å². The minimum atomic E-state index is 0.502. The summed E-state index contributed by atoms with van der Waals surface area (Å²) in [5, 5.41) is 0. The van der Waals surface area contributed by atoms with Crippen LogP contribution in [0.4, 0.5) is 0 Å². The molecule has 0 bridgehead atoms. The molecule has 4 nitrogen and oxygen atoms in total. The Morgan fingerprint density at radius 3 is 2.73 bits per heavy atom. The topological polar surface area (TPSA) is 47.1 Å². The molecule has 0 spiro atoms. The van der Waals surface area contributed by atoms with E-state index in [9.17, 15) is 0 Å². The lowest BCUT2D eigenvalue weighted by atomic mass is 10.2. The number of hydrogen-bond donors (Lipinski definition) is 1. The molecular formula is C18H20N2O2. The van der Waals surface area contributed by atoms with E-state index in [2.05, 4.69) is 23.8 Å². The lowest BCUT2D eigenvalue weighted by molar-refractivity contribution is 0.271. The van der Waals surface area contributed by atoms with Crippen LogP contribution in [0.1, 0.15) is 13.8 Å². The van der Waals surface area contributed by atoms with Gasteiger partial charge in [0.2, 0.25) is 0 Å². The molecule has 0 aliphatic rings. The minimum absolute atomic E-state index is 0.502. The number of H-pyrrole nitrogens is 1. The first-order chi connectivity index (χ1) is 10.7. The number of benzene rings is 2. The van der Waals surface area contributed by atoms with Gasteiger partial charge in [-0.25, -0.2) is 4.98 Å². The molecule has 0 unspecified atom stereocenters. The quantitative estimate of drug-likeness (QED) is 0.764. The molecule has 0 fully saturated rings. The number of ether oxygens (including phenoxy) is 2. The molecule has 0 aliphatic carbocycles. The third-order valence-electron chi connectivity index (χ3n) is 3.38. The van der Waals surface area contributed by atoms with Gasteiger partial charge in [-0.15, -0.1) is 0 Å². The normalized spacial score (nSPS) is 11.1. The highest BCUT2D eigenvalue weighted by Gasteiger charge is 2.07. The molecule has 0 amide bonds. The summed E-state index contributed by atoms with van der Waals surface area (Å²) in [6.07, 6.45) is 0. The minimum Gasteiger partial charge on any atom is -0.497 e. The van der Waals surface area contributed by atoms with Crippen LogP contribution < -0.4 is 9.47 Å². The molecule has 0 saturated heterocycles. The second kappa shape index (κ2) is 6.10. The van der Waals surface area contributed by atoms with Crippen LogP contribution in [0.3, 0.4) is 0 Å². The van der Waals surface area contributed by atoms with Gasteiger partial charge < -0.3 is 14.5 Å². The molecule has 1 aromatic heterocycles. The average Bonchev–Trinajstić information content (AvgIpc) is 2.96. The third-order valence-corrected chi connectivity index (χ3v) is 3.38. The largest absolute Gasteiger partial charge is 0.497 e. The zero-order valence-electron chi connectivity index (χ0n) is 13.1. The van der Waals surface area contributed by atoms with E-state index >= 15 is 0 Å². The van der Waals surface area contributed by atoms with Gasteiger partial charge in [0, 0.05) is 11.6 Å². The van der Waals surface area contributed by atoms with Gasteiger partial charge in [-0.2, -0.15) is 0 Å². The standard InChI is InChI=1S/C18H20N2O2/c1-12(2)11-22-15-6-4-5-13(9-15)18-19-16-8-7-14(21-3)10-17(16)20-18/h4-10,12H,11H2,1-3H3,(H,19,20). The van der Waals surface area contributed by atoms with E-state index in [1.54, 1.807) is 7.11 Å². The van der Waals surface area contributed by atoms with E-state index < -0.39 is 0 Å². The van der Waals surface area contributed by atoms with Crippen molar-refractivity contribution in [3.8, 4) is 22.9 Å². The fourth-order valence-corrected chi connectivity index (χ4v) is 2.25. The van der Waals surface area contributed by atoms with E-state index in [0.29, 0.717) is 12.5 Å². The Hall–Kier alpha value is -2.49. The number of aromatic nitrogens is 2. The number of nitrogens with one attached hydrogen (secondary N) is 1. The first kappa shape index (κ1) is 14.4. The number of methoxy groups -OCH3 is 1. The predicted molar refractivity (Wildman–Crippen MR) is 88.4 cm³/mol. The van der Waals surface area contributed by atoms with Crippen molar-refractivity contribution in [2.24, 2.45) is 5.92 Å². The van der Waals surface area contributed by atoms with Crippen molar-refractivity contribution in [3.63, 3.8) is 0 Å². The fraction of sp³-hybridized carbons (Fsp3) is 0.278. The molecule has 0 radical (unpaired) electrons. The van der Waals surface area contributed by atoms with Crippen LogP contribution in [0.5, 0.6) is 11.5 Å². The molecule has 2 aromatic carbocycles. The zero-order chi connectivity index (χ0) is 15.5. The van der Waals surface area contributed by atoms with Crippen molar-refractivity contribution in [2.75, 3.05) is 13.7 Å². The van der Waals surface area contributed by atoms with Crippen molar-refractivity contribution < 1.29 is 9.47 Å². The maximum Gasteiger partial charge on any atom is 0.138 e. The Morgan fingerprint density at radius 1 is 1.09 bits per heavy atom. The van der Waals surface area contributed by atoms with Crippen molar-refractivity contribution in [3.05, 3.63) is 42.5 Å². The number of fused-ring (bicyclic) bond motifs is 1. The Kier molecular flexibility index (Phi) is 4.00. The number of hydrogen-bond acceptors (Lipinski definition) is 3. The van der Waals surface area contributed by atoms with Crippen LogP contribution in [-0.2, 0) is 0 Å². The van der Waals surface area contributed by atoms with E-state index in [0.717, 1.165) is 33.9 Å². The summed E-state index contributed by atoms with van der Waals surface area (Å²) in [6.45, 7) is 4.98. The van der Waals surface area contributed by atoms with Gasteiger partial charge in [0.25, 0.3) is 0 Å². The first-order valence-electron chi connectivity index (χ1n) is 7.42. The maximum atomic E-state index is 5.78. The number of imidazole rings is 1. The second-order valence-electron chi connectivity index (χ2n) is 5.70. The SMILES string of the molecule is COc1ccc2nc(-c3cccc(OCC(C)C)c3)[nH]c2c1. The van der Waals surface area contributed by atoms with E-state index in [1.165, 1.54) is 0 Å². The summed E-state index contributed by atoms with van der Waals surface area (Å²) < 4.78 is 11.0. The van der Waals surface area contributed by atoms with Gasteiger partial charge in [-0.1, -0.05) is 26.0 Å². The molecular weight excluding hydrogens is 276 g/mol. The van der Waals surface area contributed by atoms with Crippen molar-refractivity contribution in [1.29, 1.82) is 0 Å². The van der Waals surface area contributed by atoms with E-state index in [4.69, 9.17) is 9.47 Å². The Morgan fingerprint density at radius 2 is 1.95 bits per heavy atom. The van der Waals surface area contributed by atoms with Crippen molar-refractivity contribution >= 4 is 11.0 Å². The molecule has 0 saturated carbocycles. The van der Waals surface area contributed by atoms with E-state index in [-0.39, 0.29) is 0 Å². The first-order valence-corrected chi connectivity index (χ1v) is 7.42. The summed E-state index contributed by atoms with van der Waals surface area (Å²) in [5.41, 5.74) is 2.89. The predicted octanol–water partition coefficient (Wildman–Crippen LogP) is 4.27. The van der Waals surface area contributed by atoms with Gasteiger partial charge in [-0.05, 0) is 30.2 Å². The molecule has 0 aliphatic heterocycles. The monoisotopic (exact) mass is 296 g/mol. The molecule has 3 aromatic rings. The maximum absolute atomic E-state index is 5.78. The molecule has 4 heteroatoms. The molecule has 0 atom stereocenters. The highest BCUT2D eigenvalue weighted by Crippen LogP contribution is 2.26. The number of nitrogens with zero attached hydrogens (tertiary/aromatic N) is 1. The Labute approximate surface area is 130 Å². The summed E-state index contributed by atoms with van der Waals surface area (Å²) in [4.78, 5) is 7.96. The van der Waals surface area contributed by atoms with Crippen LogP contribution in [0.25, 0.3) is 22.4 Å².